The summed E-state index contributed by atoms with van der Waals surface area (Å²) in [5.74, 6) is 1.68. The van der Waals surface area contributed by atoms with Crippen LogP contribution in [-0.2, 0) is 14.3 Å². The largest absolute Gasteiger partial charge is 0.462 e. The van der Waals surface area contributed by atoms with Crippen molar-refractivity contribution in [1.29, 1.82) is 0 Å². The van der Waals surface area contributed by atoms with Gasteiger partial charge < -0.3 is 9.47 Å². The first-order chi connectivity index (χ1) is 8.54. The molecule has 3 heteroatoms. The van der Waals surface area contributed by atoms with Crippen molar-refractivity contribution in [3.63, 3.8) is 0 Å². The van der Waals surface area contributed by atoms with Crippen molar-refractivity contribution in [2.45, 2.75) is 59.5 Å². The van der Waals surface area contributed by atoms with Crippen LogP contribution >= 0.6 is 0 Å². The van der Waals surface area contributed by atoms with Crippen molar-refractivity contribution < 1.29 is 14.3 Å². The van der Waals surface area contributed by atoms with Crippen LogP contribution in [0.5, 0.6) is 0 Å². The van der Waals surface area contributed by atoms with Crippen LogP contribution in [-0.4, -0.2) is 25.3 Å². The Morgan fingerprint density at radius 3 is 2.67 bits per heavy atom. The van der Waals surface area contributed by atoms with E-state index in [1.807, 2.05) is 6.92 Å². The lowest BCUT2D eigenvalue weighted by Crippen LogP contribution is -2.36. The van der Waals surface area contributed by atoms with E-state index in [0.717, 1.165) is 6.42 Å². The monoisotopic (exact) mass is 256 g/mol. The molecule has 1 saturated carbocycles. The maximum Gasteiger partial charge on any atom is 0.308 e. The van der Waals surface area contributed by atoms with Crippen LogP contribution < -0.4 is 0 Å². The van der Waals surface area contributed by atoms with Crippen molar-refractivity contribution in [3.05, 3.63) is 0 Å². The highest BCUT2D eigenvalue weighted by molar-refractivity contribution is 5.69. The average Bonchev–Trinajstić information content (AvgIpc) is 2.29. The van der Waals surface area contributed by atoms with Crippen LogP contribution in [0.25, 0.3) is 0 Å². The smallest absolute Gasteiger partial charge is 0.308 e. The van der Waals surface area contributed by atoms with Gasteiger partial charge in [-0.2, -0.15) is 0 Å². The molecule has 1 rings (SSSR count). The Morgan fingerprint density at radius 2 is 2.06 bits per heavy atom. The molecule has 0 radical (unpaired) electrons. The fourth-order valence-electron chi connectivity index (χ4n) is 2.78. The lowest BCUT2D eigenvalue weighted by Gasteiger charge is -2.36. The van der Waals surface area contributed by atoms with Crippen LogP contribution in [0.4, 0.5) is 0 Å². The SMILES string of the molecule is CCOCCC(=O)O[C@H]1C[C@H](C)CC[C@@H]1C(C)C. The van der Waals surface area contributed by atoms with Gasteiger partial charge in [-0.3, -0.25) is 4.79 Å². The zero-order valence-electron chi connectivity index (χ0n) is 12.3. The number of rotatable bonds is 6. The topological polar surface area (TPSA) is 35.5 Å². The Morgan fingerprint density at radius 1 is 1.33 bits per heavy atom. The minimum atomic E-state index is -0.104. The van der Waals surface area contributed by atoms with Crippen LogP contribution in [0.1, 0.15) is 53.4 Å². The van der Waals surface area contributed by atoms with E-state index in [2.05, 4.69) is 20.8 Å². The number of hydrogen-bond donors (Lipinski definition) is 0. The van der Waals surface area contributed by atoms with E-state index < -0.39 is 0 Å². The van der Waals surface area contributed by atoms with Gasteiger partial charge >= 0.3 is 5.97 Å². The number of carbonyl (C=O) groups is 1. The van der Waals surface area contributed by atoms with Gasteiger partial charge in [0.1, 0.15) is 6.10 Å². The minimum absolute atomic E-state index is 0.104. The Labute approximate surface area is 111 Å². The molecule has 1 fully saturated rings. The van der Waals surface area contributed by atoms with Gasteiger partial charge in [-0.25, -0.2) is 0 Å². The van der Waals surface area contributed by atoms with E-state index in [9.17, 15) is 4.79 Å². The summed E-state index contributed by atoms with van der Waals surface area (Å²) in [5, 5.41) is 0. The highest BCUT2D eigenvalue weighted by Gasteiger charge is 2.33. The van der Waals surface area contributed by atoms with Crippen molar-refractivity contribution >= 4 is 5.97 Å². The summed E-state index contributed by atoms with van der Waals surface area (Å²) in [6.45, 7) is 9.76. The van der Waals surface area contributed by atoms with Gasteiger partial charge in [0.25, 0.3) is 0 Å². The summed E-state index contributed by atoms with van der Waals surface area (Å²) < 4.78 is 10.9. The van der Waals surface area contributed by atoms with Crippen LogP contribution in [0.3, 0.4) is 0 Å². The Balaban J connectivity index is 2.42. The molecule has 106 valence electrons. The predicted octanol–water partition coefficient (Wildman–Crippen LogP) is 3.42. The molecule has 0 bridgehead atoms. The van der Waals surface area contributed by atoms with Gasteiger partial charge in [0.05, 0.1) is 13.0 Å². The van der Waals surface area contributed by atoms with Crippen molar-refractivity contribution in [1.82, 2.24) is 0 Å². The molecule has 0 aliphatic heterocycles. The molecule has 3 atom stereocenters. The molecular weight excluding hydrogens is 228 g/mol. The van der Waals surface area contributed by atoms with Crippen LogP contribution in [0.15, 0.2) is 0 Å². The maximum absolute atomic E-state index is 11.8. The van der Waals surface area contributed by atoms with E-state index >= 15 is 0 Å². The maximum atomic E-state index is 11.8. The number of carbonyl (C=O) groups excluding carboxylic acids is 1. The number of hydrogen-bond acceptors (Lipinski definition) is 3. The molecular formula is C15H28O3. The summed E-state index contributed by atoms with van der Waals surface area (Å²) in [6.07, 6.45) is 3.95. The molecule has 0 aromatic heterocycles. The predicted molar refractivity (Wildman–Crippen MR) is 72.3 cm³/mol. The van der Waals surface area contributed by atoms with Gasteiger partial charge in [0.2, 0.25) is 0 Å². The highest BCUT2D eigenvalue weighted by atomic mass is 16.5. The third-order valence-corrected chi connectivity index (χ3v) is 3.90. The Bertz CT molecular complexity index is 250. The van der Waals surface area contributed by atoms with E-state index in [0.29, 0.717) is 37.4 Å². The zero-order chi connectivity index (χ0) is 13.5. The summed E-state index contributed by atoms with van der Waals surface area (Å²) in [7, 11) is 0. The van der Waals surface area contributed by atoms with E-state index in [4.69, 9.17) is 9.47 Å². The standard InChI is InChI=1S/C15H28O3/c1-5-17-9-8-15(16)18-14-10-12(4)6-7-13(14)11(2)3/h11-14H,5-10H2,1-4H3/t12-,13-,14+/m1/s1. The van der Waals surface area contributed by atoms with Gasteiger partial charge in [-0.05, 0) is 37.5 Å². The van der Waals surface area contributed by atoms with Gasteiger partial charge in [-0.15, -0.1) is 0 Å². The van der Waals surface area contributed by atoms with Crippen molar-refractivity contribution in [2.24, 2.45) is 17.8 Å². The first-order valence-corrected chi connectivity index (χ1v) is 7.31. The molecule has 0 aromatic carbocycles. The molecule has 0 amide bonds. The number of ether oxygens (including phenoxy) is 2. The average molecular weight is 256 g/mol. The second-order valence-electron chi connectivity index (χ2n) is 5.80. The molecule has 1 aliphatic rings. The lowest BCUT2D eigenvalue weighted by atomic mass is 9.75. The molecule has 0 unspecified atom stereocenters. The Kier molecular flexibility index (Phi) is 6.69. The van der Waals surface area contributed by atoms with Crippen molar-refractivity contribution in [2.75, 3.05) is 13.2 Å². The van der Waals surface area contributed by atoms with Gasteiger partial charge in [0, 0.05) is 6.61 Å². The fraction of sp³-hybridized carbons (Fsp3) is 0.933. The zero-order valence-corrected chi connectivity index (χ0v) is 12.3. The molecule has 0 heterocycles. The fourth-order valence-corrected chi connectivity index (χ4v) is 2.78. The van der Waals surface area contributed by atoms with E-state index in [1.165, 1.54) is 12.8 Å². The summed E-state index contributed by atoms with van der Waals surface area (Å²) in [6, 6.07) is 0. The first kappa shape index (κ1) is 15.5. The normalized spacial score (nSPS) is 28.4. The summed E-state index contributed by atoms with van der Waals surface area (Å²) >= 11 is 0. The third kappa shape index (κ3) is 4.97. The first-order valence-electron chi connectivity index (χ1n) is 7.31. The summed E-state index contributed by atoms with van der Waals surface area (Å²) in [5.41, 5.74) is 0. The second kappa shape index (κ2) is 7.78. The molecule has 18 heavy (non-hydrogen) atoms. The Hall–Kier alpha value is -0.570. The second-order valence-corrected chi connectivity index (χ2v) is 5.80. The molecule has 0 saturated heterocycles. The molecule has 3 nitrogen and oxygen atoms in total. The molecule has 0 N–H and O–H groups in total. The molecule has 0 spiro atoms. The molecule has 0 aromatic rings. The molecule has 1 aliphatic carbocycles. The van der Waals surface area contributed by atoms with E-state index in [-0.39, 0.29) is 12.1 Å². The highest BCUT2D eigenvalue weighted by Crippen LogP contribution is 2.35. The minimum Gasteiger partial charge on any atom is -0.462 e. The van der Waals surface area contributed by atoms with Crippen LogP contribution in [0.2, 0.25) is 0 Å². The number of esters is 1. The van der Waals surface area contributed by atoms with Gasteiger partial charge in [-0.1, -0.05) is 27.2 Å². The summed E-state index contributed by atoms with van der Waals surface area (Å²) in [4.78, 5) is 11.8. The third-order valence-electron chi connectivity index (χ3n) is 3.90. The quantitative estimate of drug-likeness (QED) is 0.539. The van der Waals surface area contributed by atoms with Gasteiger partial charge in [0.15, 0.2) is 0 Å². The van der Waals surface area contributed by atoms with Crippen molar-refractivity contribution in [3.8, 4) is 0 Å². The van der Waals surface area contributed by atoms with E-state index in [1.54, 1.807) is 0 Å². The lowest BCUT2D eigenvalue weighted by molar-refractivity contribution is -0.157. The van der Waals surface area contributed by atoms with Crippen LogP contribution in [0, 0.1) is 17.8 Å².